The lowest BCUT2D eigenvalue weighted by atomic mass is 9.91. The molecule has 94 valence electrons. The Morgan fingerprint density at radius 2 is 1.94 bits per heavy atom. The van der Waals surface area contributed by atoms with Gasteiger partial charge in [-0.25, -0.2) is 4.79 Å². The Hall–Kier alpha value is -1.58. The van der Waals surface area contributed by atoms with Gasteiger partial charge in [0.05, 0.1) is 6.42 Å². The van der Waals surface area contributed by atoms with E-state index in [0.717, 1.165) is 0 Å². The van der Waals surface area contributed by atoms with Crippen LogP contribution in [0.4, 0.5) is 0 Å². The molecule has 0 bridgehead atoms. The lowest BCUT2D eigenvalue weighted by Crippen LogP contribution is -2.39. The number of hydrogen-bond acceptors (Lipinski definition) is 4. The van der Waals surface area contributed by atoms with Crippen molar-refractivity contribution in [2.75, 3.05) is 14.1 Å². The summed E-state index contributed by atoms with van der Waals surface area (Å²) in [5.74, 6) is -0.667. The third kappa shape index (κ3) is 3.44. The monoisotopic (exact) mass is 237 g/mol. The van der Waals surface area contributed by atoms with E-state index in [1.807, 2.05) is 19.0 Å². The van der Waals surface area contributed by atoms with Gasteiger partial charge in [-0.15, -0.1) is 0 Å². The molecule has 0 radical (unpaired) electrons. The minimum atomic E-state index is -0.691. The first-order chi connectivity index (χ1) is 7.73. The van der Waals surface area contributed by atoms with E-state index in [4.69, 9.17) is 4.74 Å². The number of allylic oxidation sites excluding steroid dienone is 2. The van der Waals surface area contributed by atoms with Crippen LogP contribution in [0.15, 0.2) is 23.4 Å². The number of rotatable bonds is 2. The Morgan fingerprint density at radius 1 is 1.35 bits per heavy atom. The third-order valence-electron chi connectivity index (χ3n) is 2.46. The zero-order valence-electron chi connectivity index (χ0n) is 11.0. The molecule has 4 heteroatoms. The fraction of sp³-hybridized carbons (Fsp3) is 0.538. The van der Waals surface area contributed by atoms with Gasteiger partial charge in [0.25, 0.3) is 0 Å². The summed E-state index contributed by atoms with van der Waals surface area (Å²) in [6, 6.07) is 0. The maximum absolute atomic E-state index is 11.9. The van der Waals surface area contributed by atoms with Crippen molar-refractivity contribution in [3.8, 4) is 0 Å². The highest BCUT2D eigenvalue weighted by atomic mass is 16.6. The molecule has 17 heavy (non-hydrogen) atoms. The van der Waals surface area contributed by atoms with E-state index in [0.29, 0.717) is 5.57 Å². The number of hydrogen-bond donors (Lipinski definition) is 0. The molecule has 0 aliphatic carbocycles. The fourth-order valence-electron chi connectivity index (χ4n) is 1.65. The van der Waals surface area contributed by atoms with Gasteiger partial charge in [-0.05, 0) is 38.6 Å². The van der Waals surface area contributed by atoms with Gasteiger partial charge in [-0.1, -0.05) is 0 Å². The number of carbonyl (C=O) groups excluding carboxylic acids is 2. The Balaban J connectivity index is 3.02. The Bertz CT molecular complexity index is 381. The van der Waals surface area contributed by atoms with E-state index in [1.54, 1.807) is 33.0 Å². The van der Waals surface area contributed by atoms with Crippen molar-refractivity contribution in [2.45, 2.75) is 32.8 Å². The van der Waals surface area contributed by atoms with Crippen LogP contribution in [0.5, 0.6) is 0 Å². The smallest absolute Gasteiger partial charge is 0.342 e. The fourth-order valence-corrected chi connectivity index (χ4v) is 1.65. The molecule has 1 fully saturated rings. The molecule has 0 N–H and O–H groups in total. The summed E-state index contributed by atoms with van der Waals surface area (Å²) < 4.78 is 5.22. The van der Waals surface area contributed by atoms with Crippen LogP contribution in [0.3, 0.4) is 0 Å². The van der Waals surface area contributed by atoms with Crippen LogP contribution < -0.4 is 0 Å². The normalized spacial score (nSPS) is 22.6. The van der Waals surface area contributed by atoms with Crippen molar-refractivity contribution in [1.29, 1.82) is 0 Å². The summed E-state index contributed by atoms with van der Waals surface area (Å²) >= 11 is 0. The van der Waals surface area contributed by atoms with Gasteiger partial charge in [0.15, 0.2) is 5.78 Å². The first-order valence-corrected chi connectivity index (χ1v) is 5.55. The average Bonchev–Trinajstić information content (AvgIpc) is 2.11. The van der Waals surface area contributed by atoms with Crippen molar-refractivity contribution >= 4 is 11.8 Å². The number of ether oxygens (including phenoxy) is 1. The topological polar surface area (TPSA) is 46.6 Å². The Morgan fingerprint density at radius 3 is 2.41 bits per heavy atom. The maximum Gasteiger partial charge on any atom is 0.342 e. The molecule has 1 aliphatic heterocycles. The van der Waals surface area contributed by atoms with Crippen LogP contribution in [-0.4, -0.2) is 36.3 Å². The molecule has 0 unspecified atom stereocenters. The molecular formula is C13H19NO3. The highest BCUT2D eigenvalue weighted by molar-refractivity contribution is 6.20. The third-order valence-corrected chi connectivity index (χ3v) is 2.46. The van der Waals surface area contributed by atoms with Gasteiger partial charge >= 0.3 is 5.97 Å². The van der Waals surface area contributed by atoms with Crippen LogP contribution in [-0.2, 0) is 14.3 Å². The summed E-state index contributed by atoms with van der Waals surface area (Å²) in [5, 5.41) is 0. The Kier molecular flexibility index (Phi) is 3.76. The highest BCUT2D eigenvalue weighted by Crippen LogP contribution is 2.27. The van der Waals surface area contributed by atoms with Crippen LogP contribution in [0, 0.1) is 0 Å². The van der Waals surface area contributed by atoms with Crippen molar-refractivity contribution in [3.63, 3.8) is 0 Å². The number of ketones is 1. The molecule has 0 amide bonds. The maximum atomic E-state index is 11.9. The molecule has 1 aliphatic rings. The van der Waals surface area contributed by atoms with Crippen molar-refractivity contribution in [3.05, 3.63) is 23.4 Å². The number of cyclic esters (lactones) is 1. The van der Waals surface area contributed by atoms with E-state index in [2.05, 4.69) is 0 Å². The van der Waals surface area contributed by atoms with Crippen molar-refractivity contribution in [2.24, 2.45) is 0 Å². The van der Waals surface area contributed by atoms with E-state index in [1.165, 1.54) is 0 Å². The van der Waals surface area contributed by atoms with Gasteiger partial charge in [0.2, 0.25) is 0 Å². The molecule has 0 aromatic carbocycles. The average molecular weight is 237 g/mol. The second kappa shape index (κ2) is 4.73. The number of nitrogens with zero attached hydrogens (tertiary/aromatic N) is 1. The SMILES string of the molecule is CC(/C=C/N(C)C)=C1\C(=O)CC(C)(C)OC1=O. The number of Topliss-reactive ketones (excluding diaryl/α,β-unsaturated/α-hetero) is 1. The molecule has 1 saturated heterocycles. The molecular weight excluding hydrogens is 218 g/mol. The number of esters is 1. The molecule has 0 spiro atoms. The van der Waals surface area contributed by atoms with Crippen LogP contribution in [0.25, 0.3) is 0 Å². The van der Waals surface area contributed by atoms with E-state index >= 15 is 0 Å². The molecule has 0 aromatic rings. The minimum absolute atomic E-state index is 0.146. The lowest BCUT2D eigenvalue weighted by molar-refractivity contribution is -0.159. The predicted molar refractivity (Wildman–Crippen MR) is 65.3 cm³/mol. The summed E-state index contributed by atoms with van der Waals surface area (Å²) in [6.45, 7) is 5.22. The van der Waals surface area contributed by atoms with Crippen molar-refractivity contribution in [1.82, 2.24) is 4.90 Å². The molecule has 4 nitrogen and oxygen atoms in total. The van der Waals surface area contributed by atoms with E-state index in [9.17, 15) is 9.59 Å². The molecule has 1 rings (SSSR count). The van der Waals surface area contributed by atoms with Gasteiger partial charge < -0.3 is 9.64 Å². The zero-order chi connectivity index (χ0) is 13.2. The second-order valence-corrected chi connectivity index (χ2v) is 5.09. The summed E-state index contributed by atoms with van der Waals surface area (Å²) in [6.07, 6.45) is 3.77. The molecule has 0 saturated carbocycles. The zero-order valence-corrected chi connectivity index (χ0v) is 11.0. The summed E-state index contributed by atoms with van der Waals surface area (Å²) in [5.41, 5.74) is 0.120. The van der Waals surface area contributed by atoms with Gasteiger partial charge in [-0.3, -0.25) is 4.79 Å². The van der Waals surface area contributed by atoms with E-state index < -0.39 is 11.6 Å². The quantitative estimate of drug-likeness (QED) is 0.416. The van der Waals surface area contributed by atoms with Gasteiger partial charge in [0, 0.05) is 14.1 Å². The van der Waals surface area contributed by atoms with Crippen LogP contribution in [0.2, 0.25) is 0 Å². The molecule has 0 atom stereocenters. The van der Waals surface area contributed by atoms with Crippen LogP contribution >= 0.6 is 0 Å². The second-order valence-electron chi connectivity index (χ2n) is 5.09. The summed E-state index contributed by atoms with van der Waals surface area (Å²) in [7, 11) is 3.75. The standard InChI is InChI=1S/C13H19NO3/c1-9(6-7-14(4)5)11-10(15)8-13(2,3)17-12(11)16/h6-7H,8H2,1-5H3/b7-6+,11-9-. The largest absolute Gasteiger partial charge is 0.455 e. The molecule has 1 heterocycles. The Labute approximate surface area is 102 Å². The predicted octanol–water partition coefficient (Wildman–Crippen LogP) is 1.67. The van der Waals surface area contributed by atoms with E-state index in [-0.39, 0.29) is 17.8 Å². The summed E-state index contributed by atoms with van der Waals surface area (Å²) in [4.78, 5) is 25.5. The van der Waals surface area contributed by atoms with Crippen molar-refractivity contribution < 1.29 is 14.3 Å². The van der Waals surface area contributed by atoms with Gasteiger partial charge in [0.1, 0.15) is 11.2 Å². The number of carbonyl (C=O) groups is 2. The first-order valence-electron chi connectivity index (χ1n) is 5.55. The first kappa shape index (κ1) is 13.5. The minimum Gasteiger partial charge on any atom is -0.455 e. The lowest BCUT2D eigenvalue weighted by Gasteiger charge is -2.30. The van der Waals surface area contributed by atoms with Gasteiger partial charge in [-0.2, -0.15) is 0 Å². The molecule has 0 aromatic heterocycles. The van der Waals surface area contributed by atoms with Crippen LogP contribution in [0.1, 0.15) is 27.2 Å². The highest BCUT2D eigenvalue weighted by Gasteiger charge is 2.37.